The summed E-state index contributed by atoms with van der Waals surface area (Å²) >= 11 is 1.63. The molecule has 3 aromatic rings. The van der Waals surface area contributed by atoms with Crippen LogP contribution in [0.4, 0.5) is 16.3 Å². The van der Waals surface area contributed by atoms with Crippen LogP contribution in [0.15, 0.2) is 47.8 Å². The number of nitrogens with zero attached hydrogens (tertiary/aromatic N) is 2. The van der Waals surface area contributed by atoms with E-state index in [4.69, 9.17) is 0 Å². The molecule has 1 fully saturated rings. The Morgan fingerprint density at radius 1 is 1.16 bits per heavy atom. The standard InChI is InChI=1S/C25H33N5OS/c1-18(15-19-9-4-3-5-10-19)26-17-20-11-6-7-12-21(20)27-25(31)28-24-16-22(29-30(24)2)23-13-8-14-32-23/h6-8,11-14,16,18-19,26H,3-5,9-10,15,17H2,1-2H3,(H2,27,28,31)/t18-/m0/s1. The number of para-hydroxylation sites is 1. The van der Waals surface area contributed by atoms with Crippen molar-refractivity contribution >= 4 is 28.9 Å². The van der Waals surface area contributed by atoms with E-state index in [0.29, 0.717) is 11.9 Å². The Balaban J connectivity index is 1.33. The monoisotopic (exact) mass is 451 g/mol. The van der Waals surface area contributed by atoms with Gasteiger partial charge in [-0.3, -0.25) is 10.00 Å². The molecule has 7 heteroatoms. The normalized spacial score (nSPS) is 15.4. The van der Waals surface area contributed by atoms with Crippen molar-refractivity contribution in [1.29, 1.82) is 0 Å². The lowest BCUT2D eigenvalue weighted by Crippen LogP contribution is -2.29. The molecule has 2 aromatic heterocycles. The lowest BCUT2D eigenvalue weighted by Gasteiger charge is -2.25. The molecule has 32 heavy (non-hydrogen) atoms. The molecule has 0 bridgehead atoms. The quantitative estimate of drug-likeness (QED) is 0.379. The SMILES string of the molecule is C[C@@H](CC1CCCCC1)NCc1ccccc1NC(=O)Nc1cc(-c2cccs2)nn1C. The lowest BCUT2D eigenvalue weighted by molar-refractivity contribution is 0.262. The number of amides is 2. The summed E-state index contributed by atoms with van der Waals surface area (Å²) in [6.07, 6.45) is 8.12. The van der Waals surface area contributed by atoms with E-state index in [1.807, 2.05) is 48.8 Å². The summed E-state index contributed by atoms with van der Waals surface area (Å²) in [6.45, 7) is 3.00. The molecule has 2 amide bonds. The number of hydrogen-bond acceptors (Lipinski definition) is 4. The summed E-state index contributed by atoms with van der Waals surface area (Å²) in [7, 11) is 1.83. The van der Waals surface area contributed by atoms with Crippen LogP contribution in [0.5, 0.6) is 0 Å². The van der Waals surface area contributed by atoms with E-state index in [1.165, 1.54) is 38.5 Å². The van der Waals surface area contributed by atoms with Gasteiger partial charge in [-0.1, -0.05) is 56.4 Å². The molecular weight excluding hydrogens is 418 g/mol. The Morgan fingerprint density at radius 2 is 1.97 bits per heavy atom. The molecule has 0 saturated heterocycles. The lowest BCUT2D eigenvalue weighted by atomic mass is 9.85. The number of carbonyl (C=O) groups is 1. The first-order chi connectivity index (χ1) is 15.6. The van der Waals surface area contributed by atoms with E-state index < -0.39 is 0 Å². The van der Waals surface area contributed by atoms with E-state index in [9.17, 15) is 4.79 Å². The second kappa shape index (κ2) is 10.8. The van der Waals surface area contributed by atoms with Crippen molar-refractivity contribution in [2.24, 2.45) is 13.0 Å². The maximum Gasteiger partial charge on any atom is 0.324 e. The van der Waals surface area contributed by atoms with Crippen LogP contribution in [-0.2, 0) is 13.6 Å². The first-order valence-electron chi connectivity index (χ1n) is 11.6. The zero-order valence-electron chi connectivity index (χ0n) is 18.9. The maximum absolute atomic E-state index is 12.7. The average molecular weight is 452 g/mol. The molecule has 1 aliphatic carbocycles. The van der Waals surface area contributed by atoms with E-state index in [1.54, 1.807) is 16.0 Å². The van der Waals surface area contributed by atoms with Gasteiger partial charge in [0.15, 0.2) is 0 Å². The van der Waals surface area contributed by atoms with Crippen LogP contribution >= 0.6 is 11.3 Å². The molecule has 0 radical (unpaired) electrons. The third-order valence-corrected chi connectivity index (χ3v) is 7.11. The highest BCUT2D eigenvalue weighted by Crippen LogP contribution is 2.28. The second-order valence-corrected chi connectivity index (χ2v) is 9.72. The van der Waals surface area contributed by atoms with Crippen LogP contribution in [0.1, 0.15) is 51.0 Å². The predicted octanol–water partition coefficient (Wildman–Crippen LogP) is 6.24. The van der Waals surface area contributed by atoms with E-state index in [2.05, 4.69) is 34.0 Å². The molecule has 3 N–H and O–H groups in total. The van der Waals surface area contributed by atoms with Gasteiger partial charge in [-0.2, -0.15) is 5.10 Å². The zero-order chi connectivity index (χ0) is 22.3. The Morgan fingerprint density at radius 3 is 2.75 bits per heavy atom. The molecule has 0 spiro atoms. The van der Waals surface area contributed by atoms with Gasteiger partial charge in [0.05, 0.1) is 4.88 Å². The second-order valence-electron chi connectivity index (χ2n) is 8.77. The molecule has 0 aliphatic heterocycles. The van der Waals surface area contributed by atoms with Gasteiger partial charge in [-0.25, -0.2) is 4.79 Å². The minimum absolute atomic E-state index is 0.270. The molecule has 170 valence electrons. The first kappa shape index (κ1) is 22.6. The number of thiophene rings is 1. The fraction of sp³-hybridized carbons (Fsp3) is 0.440. The fourth-order valence-electron chi connectivity index (χ4n) is 4.49. The number of urea groups is 1. The van der Waals surface area contributed by atoms with Crippen LogP contribution in [-0.4, -0.2) is 21.9 Å². The highest BCUT2D eigenvalue weighted by molar-refractivity contribution is 7.13. The van der Waals surface area contributed by atoms with Gasteiger partial charge in [-0.15, -0.1) is 11.3 Å². The predicted molar refractivity (Wildman–Crippen MR) is 133 cm³/mol. The summed E-state index contributed by atoms with van der Waals surface area (Å²) in [5.74, 6) is 1.51. The Bertz CT molecular complexity index is 1010. The number of benzene rings is 1. The van der Waals surface area contributed by atoms with Gasteiger partial charge >= 0.3 is 6.03 Å². The van der Waals surface area contributed by atoms with Crippen LogP contribution < -0.4 is 16.0 Å². The molecule has 0 unspecified atom stereocenters. The molecule has 4 rings (SSSR count). The Labute approximate surface area is 194 Å². The van der Waals surface area contributed by atoms with Gasteiger partial charge in [-0.05, 0) is 42.3 Å². The molecule has 2 heterocycles. The Hall–Kier alpha value is -2.64. The Kier molecular flexibility index (Phi) is 7.60. The van der Waals surface area contributed by atoms with Gasteiger partial charge in [0.25, 0.3) is 0 Å². The molecular formula is C25H33N5OS. The van der Waals surface area contributed by atoms with Crippen molar-refractivity contribution < 1.29 is 4.79 Å². The molecule has 1 saturated carbocycles. The zero-order valence-corrected chi connectivity index (χ0v) is 19.8. The van der Waals surface area contributed by atoms with Crippen LogP contribution in [0.25, 0.3) is 10.6 Å². The summed E-state index contributed by atoms with van der Waals surface area (Å²) < 4.78 is 1.69. The average Bonchev–Trinajstić information content (AvgIpc) is 3.44. The third kappa shape index (κ3) is 5.99. The van der Waals surface area contributed by atoms with Crippen LogP contribution in [0, 0.1) is 5.92 Å². The highest BCUT2D eigenvalue weighted by atomic mass is 32.1. The van der Waals surface area contributed by atoms with E-state index >= 15 is 0 Å². The van der Waals surface area contributed by atoms with E-state index in [0.717, 1.165) is 34.3 Å². The summed E-state index contributed by atoms with van der Waals surface area (Å²) in [5, 5.41) is 16.1. The first-order valence-corrected chi connectivity index (χ1v) is 12.4. The number of aryl methyl sites for hydroxylation is 1. The van der Waals surface area contributed by atoms with Crippen molar-refractivity contribution in [3.63, 3.8) is 0 Å². The number of hydrogen-bond donors (Lipinski definition) is 3. The van der Waals surface area contributed by atoms with Crippen molar-refractivity contribution in [3.05, 3.63) is 53.4 Å². The largest absolute Gasteiger partial charge is 0.324 e. The van der Waals surface area contributed by atoms with Gasteiger partial charge in [0.1, 0.15) is 11.5 Å². The van der Waals surface area contributed by atoms with Crippen molar-refractivity contribution in [2.45, 2.75) is 58.0 Å². The number of rotatable bonds is 8. The number of nitrogens with one attached hydrogen (secondary N) is 3. The number of aromatic nitrogens is 2. The summed E-state index contributed by atoms with van der Waals surface area (Å²) in [4.78, 5) is 13.8. The van der Waals surface area contributed by atoms with Gasteiger partial charge in [0.2, 0.25) is 0 Å². The molecule has 1 aliphatic rings. The minimum Gasteiger partial charge on any atom is -0.310 e. The highest BCUT2D eigenvalue weighted by Gasteiger charge is 2.17. The molecule has 6 nitrogen and oxygen atoms in total. The van der Waals surface area contributed by atoms with Gasteiger partial charge < -0.3 is 10.6 Å². The molecule has 1 aromatic carbocycles. The molecule has 1 atom stereocenters. The van der Waals surface area contributed by atoms with Crippen LogP contribution in [0.2, 0.25) is 0 Å². The van der Waals surface area contributed by atoms with Crippen LogP contribution in [0.3, 0.4) is 0 Å². The van der Waals surface area contributed by atoms with Crippen molar-refractivity contribution in [3.8, 4) is 10.6 Å². The summed E-state index contributed by atoms with van der Waals surface area (Å²) in [6, 6.07) is 14.1. The number of carbonyl (C=O) groups excluding carboxylic acids is 1. The number of anilines is 2. The fourth-order valence-corrected chi connectivity index (χ4v) is 5.17. The third-order valence-electron chi connectivity index (χ3n) is 6.21. The van der Waals surface area contributed by atoms with Crippen molar-refractivity contribution in [1.82, 2.24) is 15.1 Å². The van der Waals surface area contributed by atoms with Gasteiger partial charge in [0, 0.05) is 31.4 Å². The minimum atomic E-state index is -0.270. The van der Waals surface area contributed by atoms with Crippen molar-refractivity contribution in [2.75, 3.05) is 10.6 Å². The topological polar surface area (TPSA) is 71.0 Å². The maximum atomic E-state index is 12.7. The summed E-state index contributed by atoms with van der Waals surface area (Å²) in [5.41, 5.74) is 2.76. The smallest absolute Gasteiger partial charge is 0.310 e. The van der Waals surface area contributed by atoms with E-state index in [-0.39, 0.29) is 6.03 Å².